The summed E-state index contributed by atoms with van der Waals surface area (Å²) in [6.45, 7) is 2.88. The van der Waals surface area contributed by atoms with Crippen LogP contribution in [0.25, 0.3) is 11.3 Å². The third-order valence-electron chi connectivity index (χ3n) is 7.17. The highest BCUT2D eigenvalue weighted by Gasteiger charge is 2.63. The normalized spacial score (nSPS) is 27.6. The Balaban J connectivity index is 1.45. The molecule has 13 heteroatoms. The van der Waals surface area contributed by atoms with Crippen LogP contribution in [0, 0.1) is 5.92 Å². The molecular weight excluding hydrogens is 468 g/mol. The summed E-state index contributed by atoms with van der Waals surface area (Å²) < 4.78 is 88.9. The number of fused-ring (bicyclic) bond motifs is 1. The van der Waals surface area contributed by atoms with E-state index in [4.69, 9.17) is 10.5 Å². The molecule has 3 fully saturated rings. The number of pyridine rings is 1. The second kappa shape index (κ2) is 8.01. The number of nitrogen functional groups attached to an aromatic ring is 1. The van der Waals surface area contributed by atoms with E-state index in [0.717, 1.165) is 32.0 Å². The summed E-state index contributed by atoms with van der Waals surface area (Å²) in [5.41, 5.74) is 5.62. The highest BCUT2D eigenvalue weighted by Crippen LogP contribution is 2.63. The Hall–Kier alpha value is -2.54. The molecule has 2 N–H and O–H groups in total. The molecule has 3 aliphatic rings. The smallest absolute Gasteiger partial charge is 0.402 e. The lowest BCUT2D eigenvalue weighted by atomic mass is 9.49. The van der Waals surface area contributed by atoms with Gasteiger partial charge in [0.2, 0.25) is 0 Å². The number of rotatable bonds is 5. The predicted octanol–water partition coefficient (Wildman–Crippen LogP) is 3.96. The number of anilines is 1. The molecule has 2 aromatic heterocycles. The van der Waals surface area contributed by atoms with E-state index in [2.05, 4.69) is 19.6 Å². The van der Waals surface area contributed by atoms with Crippen molar-refractivity contribution in [3.63, 3.8) is 0 Å². The number of alkyl halides is 6. The number of morpholine rings is 1. The molecule has 0 bridgehead atoms. The van der Waals surface area contributed by atoms with Gasteiger partial charge < -0.3 is 19.8 Å². The van der Waals surface area contributed by atoms with Gasteiger partial charge in [-0.3, -0.25) is 4.90 Å². The number of ether oxygens (including phenoxy) is 2. The Morgan fingerprint density at radius 2 is 1.91 bits per heavy atom. The minimum atomic E-state index is -4.99. The molecule has 2 saturated carbocycles. The van der Waals surface area contributed by atoms with Crippen molar-refractivity contribution >= 4 is 5.82 Å². The molecule has 5 rings (SSSR count). The average Bonchev–Trinajstić information content (AvgIpc) is 3.12. The monoisotopic (exact) mass is 491 g/mol. The Kier molecular flexibility index (Phi) is 5.47. The number of hydrogen-bond acceptors (Lipinski definition) is 6. The van der Waals surface area contributed by atoms with Gasteiger partial charge in [0.05, 0.1) is 18.9 Å². The van der Waals surface area contributed by atoms with Crippen LogP contribution in [0.5, 0.6) is 5.75 Å². The van der Waals surface area contributed by atoms with Crippen molar-refractivity contribution in [3.05, 3.63) is 24.3 Å². The lowest BCUT2D eigenvalue weighted by Gasteiger charge is -2.68. The maximum absolute atomic E-state index is 13.3. The third-order valence-corrected chi connectivity index (χ3v) is 7.17. The van der Waals surface area contributed by atoms with E-state index in [1.165, 1.54) is 12.4 Å². The lowest BCUT2D eigenvalue weighted by molar-refractivity contribution is -0.274. The van der Waals surface area contributed by atoms with Crippen LogP contribution in [-0.4, -0.2) is 63.8 Å². The Morgan fingerprint density at radius 3 is 2.50 bits per heavy atom. The van der Waals surface area contributed by atoms with Crippen LogP contribution in [0.1, 0.15) is 31.1 Å². The zero-order valence-corrected chi connectivity index (χ0v) is 18.0. The zero-order chi connectivity index (χ0) is 24.3. The number of hydrogen-bond donors (Lipinski definition) is 1. The van der Waals surface area contributed by atoms with E-state index in [1.807, 2.05) is 0 Å². The van der Waals surface area contributed by atoms with Crippen LogP contribution >= 0.6 is 0 Å². The van der Waals surface area contributed by atoms with Gasteiger partial charge >= 0.3 is 12.5 Å². The van der Waals surface area contributed by atoms with E-state index < -0.39 is 30.5 Å². The van der Waals surface area contributed by atoms with Gasteiger partial charge in [0.25, 0.3) is 0 Å². The van der Waals surface area contributed by atoms with Crippen LogP contribution in [0.15, 0.2) is 18.5 Å². The SMILES string of the molecule is Nc1ncc(-c2cn(C3CC4(N5CCOCC5)CCC34)c(CC(F)(F)F)n2)cc1OC(F)(F)F. The maximum atomic E-state index is 13.3. The standard InChI is InChI=1S/C21H23F6N5O2/c22-20(23,24)9-17-30-14(12-7-16(18(28)29-10-12)34-21(25,26)27)11-32(17)15-8-19(2-1-13(15)19)31-3-5-33-6-4-31/h7,10-11,13,15H,1-6,8-9H2,(H2,28,29). The predicted molar refractivity (Wildman–Crippen MR) is 108 cm³/mol. The quantitative estimate of drug-likeness (QED) is 0.639. The van der Waals surface area contributed by atoms with Crippen molar-refractivity contribution in [2.45, 2.75) is 49.8 Å². The van der Waals surface area contributed by atoms with E-state index >= 15 is 0 Å². The summed E-state index contributed by atoms with van der Waals surface area (Å²) in [5, 5.41) is 0. The van der Waals surface area contributed by atoms with E-state index in [0.29, 0.717) is 19.6 Å². The fourth-order valence-corrected chi connectivity index (χ4v) is 5.58. The van der Waals surface area contributed by atoms with Crippen LogP contribution in [0.4, 0.5) is 32.2 Å². The maximum Gasteiger partial charge on any atom is 0.573 e. The van der Waals surface area contributed by atoms with E-state index in [-0.39, 0.29) is 34.6 Å². The van der Waals surface area contributed by atoms with Crippen LogP contribution < -0.4 is 10.5 Å². The molecule has 2 aromatic rings. The van der Waals surface area contributed by atoms with Gasteiger partial charge in [-0.1, -0.05) is 0 Å². The Labute approximate surface area is 190 Å². The molecule has 3 heterocycles. The topological polar surface area (TPSA) is 78.4 Å². The van der Waals surface area contributed by atoms with Crippen LogP contribution in [0.3, 0.4) is 0 Å². The first-order valence-corrected chi connectivity index (χ1v) is 10.9. The lowest BCUT2D eigenvalue weighted by Crippen LogP contribution is -2.71. The van der Waals surface area contributed by atoms with Crippen molar-refractivity contribution < 1.29 is 35.8 Å². The van der Waals surface area contributed by atoms with Crippen LogP contribution in [0.2, 0.25) is 0 Å². The van der Waals surface area contributed by atoms with Crippen molar-refractivity contribution in [2.24, 2.45) is 5.92 Å². The Bertz CT molecular complexity index is 1060. The van der Waals surface area contributed by atoms with Gasteiger partial charge in [-0.25, -0.2) is 9.97 Å². The molecule has 3 atom stereocenters. The molecule has 34 heavy (non-hydrogen) atoms. The summed E-state index contributed by atoms with van der Waals surface area (Å²) in [7, 11) is 0. The largest absolute Gasteiger partial charge is 0.573 e. The average molecular weight is 491 g/mol. The first kappa shape index (κ1) is 23.2. The Morgan fingerprint density at radius 1 is 1.18 bits per heavy atom. The van der Waals surface area contributed by atoms with Crippen molar-refractivity contribution in [1.82, 2.24) is 19.4 Å². The van der Waals surface area contributed by atoms with E-state index in [1.54, 1.807) is 4.57 Å². The van der Waals surface area contributed by atoms with Gasteiger partial charge in [0, 0.05) is 42.6 Å². The summed E-state index contributed by atoms with van der Waals surface area (Å²) in [6.07, 6.45) is -5.50. The number of nitrogens with zero attached hydrogens (tertiary/aromatic N) is 4. The molecule has 186 valence electrons. The second-order valence-electron chi connectivity index (χ2n) is 9.02. The van der Waals surface area contributed by atoms with Gasteiger partial charge in [0.15, 0.2) is 11.6 Å². The van der Waals surface area contributed by atoms with Gasteiger partial charge in [-0.15, -0.1) is 13.2 Å². The second-order valence-corrected chi connectivity index (χ2v) is 9.02. The fourth-order valence-electron chi connectivity index (χ4n) is 5.58. The fraction of sp³-hybridized carbons (Fsp3) is 0.619. The number of nitrogens with two attached hydrogens (primary N) is 1. The first-order valence-electron chi connectivity index (χ1n) is 10.9. The number of halogens is 6. The highest BCUT2D eigenvalue weighted by molar-refractivity contribution is 5.64. The summed E-state index contributed by atoms with van der Waals surface area (Å²) in [4.78, 5) is 10.2. The molecular formula is C21H23F6N5O2. The number of imidazole rings is 1. The third kappa shape index (κ3) is 4.19. The number of aromatic nitrogens is 3. The molecule has 7 nitrogen and oxygen atoms in total. The molecule has 1 saturated heterocycles. The van der Waals surface area contributed by atoms with Crippen LogP contribution in [-0.2, 0) is 11.2 Å². The molecule has 2 aliphatic carbocycles. The molecule has 0 radical (unpaired) electrons. The summed E-state index contributed by atoms with van der Waals surface area (Å²) >= 11 is 0. The molecule has 0 aromatic carbocycles. The molecule has 3 unspecified atom stereocenters. The highest BCUT2D eigenvalue weighted by atomic mass is 19.4. The summed E-state index contributed by atoms with van der Waals surface area (Å²) in [5.74, 6) is -1.20. The molecule has 1 aliphatic heterocycles. The van der Waals surface area contributed by atoms with Gasteiger partial charge in [-0.05, 0) is 31.2 Å². The minimum Gasteiger partial charge on any atom is -0.402 e. The first-order chi connectivity index (χ1) is 16.0. The van der Waals surface area contributed by atoms with Gasteiger partial charge in [-0.2, -0.15) is 13.2 Å². The molecule has 0 spiro atoms. The molecule has 0 amide bonds. The van der Waals surface area contributed by atoms with Crippen molar-refractivity contribution in [3.8, 4) is 17.0 Å². The van der Waals surface area contributed by atoms with Crippen molar-refractivity contribution in [1.29, 1.82) is 0 Å². The zero-order valence-electron chi connectivity index (χ0n) is 18.0. The summed E-state index contributed by atoms with van der Waals surface area (Å²) in [6, 6.07) is 0.824. The van der Waals surface area contributed by atoms with Crippen molar-refractivity contribution in [2.75, 3.05) is 32.0 Å². The van der Waals surface area contributed by atoms with Gasteiger partial charge in [0.1, 0.15) is 12.2 Å². The van der Waals surface area contributed by atoms with E-state index in [9.17, 15) is 26.3 Å². The minimum absolute atomic E-state index is 0.0230.